The number of aromatic nitrogens is 3. The van der Waals surface area contributed by atoms with Gasteiger partial charge in [-0.05, 0) is 13.0 Å². The van der Waals surface area contributed by atoms with Crippen molar-refractivity contribution in [1.82, 2.24) is 19.9 Å². The van der Waals surface area contributed by atoms with Gasteiger partial charge in [-0.3, -0.25) is 5.10 Å². The highest BCUT2D eigenvalue weighted by Crippen LogP contribution is 2.12. The number of carboxylic acid groups (broad SMARTS) is 1. The molecule has 0 fully saturated rings. The molecule has 0 atom stereocenters. The quantitative estimate of drug-likeness (QED) is 0.624. The predicted molar refractivity (Wildman–Crippen MR) is 65.1 cm³/mol. The SMILES string of the molecule is Cc1[nH]ncc1CNS(=O)(=O)c1c[nH]c(C(=O)O)c1. The summed E-state index contributed by atoms with van der Waals surface area (Å²) in [5, 5.41) is 15.2. The summed E-state index contributed by atoms with van der Waals surface area (Å²) < 4.78 is 26.2. The van der Waals surface area contributed by atoms with Crippen LogP contribution in [0.3, 0.4) is 0 Å². The normalized spacial score (nSPS) is 11.6. The first-order chi connectivity index (χ1) is 8.90. The van der Waals surface area contributed by atoms with E-state index in [1.807, 2.05) is 0 Å². The molecule has 0 aliphatic rings. The summed E-state index contributed by atoms with van der Waals surface area (Å²) in [5.74, 6) is -1.22. The molecule has 0 aliphatic heterocycles. The number of rotatable bonds is 5. The topological polar surface area (TPSA) is 128 Å². The van der Waals surface area contributed by atoms with E-state index >= 15 is 0 Å². The van der Waals surface area contributed by atoms with Crippen LogP contribution in [0.1, 0.15) is 21.7 Å². The number of sulfonamides is 1. The van der Waals surface area contributed by atoms with Crippen molar-refractivity contribution in [3.63, 3.8) is 0 Å². The van der Waals surface area contributed by atoms with Crippen molar-refractivity contribution in [3.8, 4) is 0 Å². The molecule has 0 saturated heterocycles. The van der Waals surface area contributed by atoms with E-state index in [0.29, 0.717) is 0 Å². The number of H-pyrrole nitrogens is 2. The second-order valence-corrected chi connectivity index (χ2v) is 5.67. The van der Waals surface area contributed by atoms with Gasteiger partial charge >= 0.3 is 5.97 Å². The molecular weight excluding hydrogens is 272 g/mol. The Morgan fingerprint density at radius 1 is 1.53 bits per heavy atom. The highest BCUT2D eigenvalue weighted by Gasteiger charge is 2.18. The van der Waals surface area contributed by atoms with E-state index in [9.17, 15) is 13.2 Å². The van der Waals surface area contributed by atoms with E-state index in [1.54, 1.807) is 6.92 Å². The largest absolute Gasteiger partial charge is 0.477 e. The van der Waals surface area contributed by atoms with Crippen LogP contribution >= 0.6 is 0 Å². The fourth-order valence-electron chi connectivity index (χ4n) is 1.46. The number of carbonyl (C=O) groups is 1. The number of aryl methyl sites for hydroxylation is 1. The molecule has 102 valence electrons. The summed E-state index contributed by atoms with van der Waals surface area (Å²) in [5.41, 5.74) is 1.31. The average Bonchev–Trinajstić information content (AvgIpc) is 2.95. The third-order valence-electron chi connectivity index (χ3n) is 2.58. The molecular formula is C10H12N4O4S. The standard InChI is InChI=1S/C10H12N4O4S/c1-6-7(3-12-14-6)4-13-19(17,18)8-2-9(10(15)16)11-5-8/h2-3,5,11,13H,4H2,1H3,(H,12,14)(H,15,16). The Balaban J connectivity index is 2.14. The number of hydrogen-bond acceptors (Lipinski definition) is 4. The minimum Gasteiger partial charge on any atom is -0.477 e. The molecule has 2 rings (SSSR count). The number of nitrogens with zero attached hydrogens (tertiary/aromatic N) is 1. The Labute approximate surface area is 108 Å². The first-order valence-electron chi connectivity index (χ1n) is 5.30. The van der Waals surface area contributed by atoms with Gasteiger partial charge in [0.2, 0.25) is 10.0 Å². The Morgan fingerprint density at radius 2 is 2.26 bits per heavy atom. The summed E-state index contributed by atoms with van der Waals surface area (Å²) in [7, 11) is -3.75. The molecule has 9 heteroatoms. The monoisotopic (exact) mass is 284 g/mol. The smallest absolute Gasteiger partial charge is 0.352 e. The van der Waals surface area contributed by atoms with Crippen LogP contribution < -0.4 is 4.72 Å². The van der Waals surface area contributed by atoms with Gasteiger partial charge in [0.05, 0.1) is 6.20 Å². The maximum Gasteiger partial charge on any atom is 0.352 e. The third-order valence-corrected chi connectivity index (χ3v) is 3.96. The van der Waals surface area contributed by atoms with Crippen molar-refractivity contribution >= 4 is 16.0 Å². The van der Waals surface area contributed by atoms with Gasteiger partial charge in [0, 0.05) is 24.0 Å². The molecule has 2 heterocycles. The van der Waals surface area contributed by atoms with Crippen LogP contribution in [0.5, 0.6) is 0 Å². The van der Waals surface area contributed by atoms with Crippen molar-refractivity contribution in [2.75, 3.05) is 0 Å². The van der Waals surface area contributed by atoms with Gasteiger partial charge < -0.3 is 10.1 Å². The van der Waals surface area contributed by atoms with Crippen LogP contribution in [0.25, 0.3) is 0 Å². The van der Waals surface area contributed by atoms with E-state index in [0.717, 1.165) is 23.5 Å². The van der Waals surface area contributed by atoms with Crippen molar-refractivity contribution in [2.24, 2.45) is 0 Å². The van der Waals surface area contributed by atoms with Crippen LogP contribution in [0.2, 0.25) is 0 Å². The number of hydrogen-bond donors (Lipinski definition) is 4. The molecule has 0 saturated carbocycles. The van der Waals surface area contributed by atoms with Crippen molar-refractivity contribution in [2.45, 2.75) is 18.4 Å². The lowest BCUT2D eigenvalue weighted by atomic mass is 10.3. The summed E-state index contributed by atoms with van der Waals surface area (Å²) in [6, 6.07) is 1.06. The Morgan fingerprint density at radius 3 is 2.79 bits per heavy atom. The van der Waals surface area contributed by atoms with Gasteiger partial charge in [-0.1, -0.05) is 0 Å². The molecule has 8 nitrogen and oxygen atoms in total. The summed E-state index contributed by atoms with van der Waals surface area (Å²) in [6.07, 6.45) is 2.66. The average molecular weight is 284 g/mol. The zero-order valence-electron chi connectivity index (χ0n) is 9.97. The van der Waals surface area contributed by atoms with E-state index in [1.165, 1.54) is 6.20 Å². The number of aromatic amines is 2. The van der Waals surface area contributed by atoms with Gasteiger partial charge in [0.25, 0.3) is 0 Å². The molecule has 0 spiro atoms. The lowest BCUT2D eigenvalue weighted by molar-refractivity contribution is 0.0691. The first kappa shape index (κ1) is 13.3. The lowest BCUT2D eigenvalue weighted by Crippen LogP contribution is -2.23. The minimum absolute atomic E-state index is 0.0816. The fourth-order valence-corrected chi connectivity index (χ4v) is 2.46. The summed E-state index contributed by atoms with van der Waals surface area (Å²) >= 11 is 0. The summed E-state index contributed by atoms with van der Waals surface area (Å²) in [6.45, 7) is 1.85. The molecule has 0 bridgehead atoms. The molecule has 0 aliphatic carbocycles. The van der Waals surface area contributed by atoms with Crippen molar-refractivity contribution < 1.29 is 18.3 Å². The van der Waals surface area contributed by atoms with E-state index in [2.05, 4.69) is 19.9 Å². The fraction of sp³-hybridized carbons (Fsp3) is 0.200. The Bertz CT molecular complexity index is 701. The maximum atomic E-state index is 11.9. The Hall–Kier alpha value is -2.13. The third kappa shape index (κ3) is 2.83. The van der Waals surface area contributed by atoms with Crippen LogP contribution in [0.15, 0.2) is 23.4 Å². The van der Waals surface area contributed by atoms with Crippen molar-refractivity contribution in [1.29, 1.82) is 0 Å². The van der Waals surface area contributed by atoms with Crippen LogP contribution in [0.4, 0.5) is 0 Å². The minimum atomic E-state index is -3.75. The van der Waals surface area contributed by atoms with Crippen LogP contribution in [-0.4, -0.2) is 34.7 Å². The predicted octanol–water partition coefficient (Wildman–Crippen LogP) is 0.223. The molecule has 0 radical (unpaired) electrons. The molecule has 4 N–H and O–H groups in total. The molecule has 2 aromatic rings. The highest BCUT2D eigenvalue weighted by atomic mass is 32.2. The molecule has 19 heavy (non-hydrogen) atoms. The van der Waals surface area contributed by atoms with E-state index < -0.39 is 16.0 Å². The molecule has 0 aromatic carbocycles. The number of carboxylic acids is 1. The van der Waals surface area contributed by atoms with Crippen molar-refractivity contribution in [3.05, 3.63) is 35.4 Å². The van der Waals surface area contributed by atoms with Gasteiger partial charge in [-0.15, -0.1) is 0 Å². The van der Waals surface area contributed by atoms with Crippen LogP contribution in [0, 0.1) is 6.92 Å². The number of nitrogens with one attached hydrogen (secondary N) is 3. The lowest BCUT2D eigenvalue weighted by Gasteiger charge is -2.03. The van der Waals surface area contributed by atoms with Gasteiger partial charge in [-0.2, -0.15) is 5.10 Å². The number of aromatic carboxylic acids is 1. The zero-order chi connectivity index (χ0) is 14.0. The summed E-state index contributed by atoms with van der Waals surface area (Å²) in [4.78, 5) is 12.9. The zero-order valence-corrected chi connectivity index (χ0v) is 10.8. The second-order valence-electron chi connectivity index (χ2n) is 3.90. The van der Waals surface area contributed by atoms with Crippen LogP contribution in [-0.2, 0) is 16.6 Å². The highest BCUT2D eigenvalue weighted by molar-refractivity contribution is 7.89. The Kier molecular flexibility index (Phi) is 3.40. The first-order valence-corrected chi connectivity index (χ1v) is 6.78. The van der Waals surface area contributed by atoms with E-state index in [4.69, 9.17) is 5.11 Å². The van der Waals surface area contributed by atoms with E-state index in [-0.39, 0.29) is 17.1 Å². The van der Waals surface area contributed by atoms with Gasteiger partial charge in [0.1, 0.15) is 10.6 Å². The maximum absolute atomic E-state index is 11.9. The molecule has 0 unspecified atom stereocenters. The van der Waals surface area contributed by atoms with Gasteiger partial charge in [-0.25, -0.2) is 17.9 Å². The van der Waals surface area contributed by atoms with Gasteiger partial charge in [0.15, 0.2) is 0 Å². The molecule has 0 amide bonds. The second kappa shape index (κ2) is 4.86. The molecule has 2 aromatic heterocycles.